The van der Waals surface area contributed by atoms with E-state index in [1.807, 2.05) is 0 Å². The van der Waals surface area contributed by atoms with Gasteiger partial charge in [-0.25, -0.2) is 0 Å². The summed E-state index contributed by atoms with van der Waals surface area (Å²) in [6.45, 7) is 8.77. The van der Waals surface area contributed by atoms with Gasteiger partial charge in [-0.1, -0.05) is 26.0 Å². The highest BCUT2D eigenvalue weighted by Crippen LogP contribution is 2.36. The molecular formula is C30H51N3O8S. The fraction of sp³-hybridized carbons (Fsp3) is 0.867. The third kappa shape index (κ3) is 8.68. The Kier molecular flexibility index (Phi) is 13.0. The Morgan fingerprint density at radius 1 is 1.12 bits per heavy atom. The predicted octanol–water partition coefficient (Wildman–Crippen LogP) is 0.957. The Morgan fingerprint density at radius 2 is 1.83 bits per heavy atom. The van der Waals surface area contributed by atoms with Crippen LogP contribution in [0.2, 0.25) is 0 Å². The van der Waals surface area contributed by atoms with Crippen molar-refractivity contribution in [2.75, 3.05) is 32.8 Å². The third-order valence-electron chi connectivity index (χ3n) is 9.23. The lowest BCUT2D eigenvalue weighted by molar-refractivity contribution is -0.205. The molecule has 11 nitrogen and oxygen atoms in total. The Bertz CT molecular complexity index is 891. The summed E-state index contributed by atoms with van der Waals surface area (Å²) in [5.74, 6) is 1.41. The van der Waals surface area contributed by atoms with Gasteiger partial charge in [0, 0.05) is 24.9 Å². The number of carbonyl (C=O) groups is 2. The molecule has 5 rings (SSSR count). The Morgan fingerprint density at radius 3 is 2.55 bits per heavy atom. The van der Waals surface area contributed by atoms with Crippen LogP contribution in [-0.2, 0) is 19.1 Å². The molecule has 5 aliphatic heterocycles. The number of ether oxygens (including phenoxy) is 2. The molecule has 240 valence electrons. The minimum absolute atomic E-state index is 0.159. The third-order valence-corrected chi connectivity index (χ3v) is 10.6. The van der Waals surface area contributed by atoms with Gasteiger partial charge in [0.1, 0.15) is 35.9 Å². The maximum atomic E-state index is 13.6. The smallest absolute Gasteiger partial charge is 0.290 e. The number of hydrogen-bond donors (Lipinski definition) is 6. The van der Waals surface area contributed by atoms with Crippen LogP contribution in [0.25, 0.3) is 0 Å². The van der Waals surface area contributed by atoms with Gasteiger partial charge in [-0.15, -0.1) is 11.8 Å². The van der Waals surface area contributed by atoms with E-state index in [4.69, 9.17) is 19.4 Å². The molecule has 0 unspecified atom stereocenters. The first kappa shape index (κ1) is 33.6. The molecule has 5 aliphatic rings. The van der Waals surface area contributed by atoms with Crippen LogP contribution in [0.15, 0.2) is 12.2 Å². The van der Waals surface area contributed by atoms with Gasteiger partial charge < -0.3 is 45.4 Å². The van der Waals surface area contributed by atoms with Gasteiger partial charge in [-0.3, -0.25) is 9.59 Å². The van der Waals surface area contributed by atoms with E-state index in [0.717, 1.165) is 45.4 Å². The van der Waals surface area contributed by atoms with E-state index < -0.39 is 41.9 Å². The molecule has 0 spiro atoms. The van der Waals surface area contributed by atoms with Crippen LogP contribution in [0.5, 0.6) is 0 Å². The van der Waals surface area contributed by atoms with Crippen molar-refractivity contribution < 1.29 is 39.5 Å². The maximum absolute atomic E-state index is 13.6. The van der Waals surface area contributed by atoms with E-state index in [2.05, 4.69) is 41.5 Å². The van der Waals surface area contributed by atoms with Crippen LogP contribution in [0.1, 0.15) is 58.8 Å². The van der Waals surface area contributed by atoms with Gasteiger partial charge in [-0.05, 0) is 75.8 Å². The monoisotopic (exact) mass is 613 g/mol. The van der Waals surface area contributed by atoms with Crippen molar-refractivity contribution in [2.45, 2.75) is 112 Å². The summed E-state index contributed by atoms with van der Waals surface area (Å²) in [6, 6.07) is -0.997. The van der Waals surface area contributed by atoms with Crippen LogP contribution < -0.4 is 10.6 Å². The standard InChI is InChI=1S/C29H49N3O6S.CH2O2/c1-17(2)13-18-9-12-37-26-19(14-18)15-30-22(26)28(36)31-21-8-4-3-7-20(16-32-10-5-6-11-32)39-29-25(35)23(33)24(34)27(21)38-29;2-1-3/h3-4,17-27,29-30,33-35H,5-16H2,1-2H3,(H,31,36);1H,(H,2,3)/t18-,19-,20-,21+,22-,23-,24+,25+,26+,27+,29+;/m0./s1. The van der Waals surface area contributed by atoms with Crippen LogP contribution in [0.4, 0.5) is 0 Å². The first-order valence-corrected chi connectivity index (χ1v) is 16.6. The van der Waals surface area contributed by atoms with Gasteiger partial charge in [0.2, 0.25) is 5.91 Å². The molecule has 0 saturated carbocycles. The van der Waals surface area contributed by atoms with Crippen molar-refractivity contribution in [1.29, 1.82) is 0 Å². The van der Waals surface area contributed by atoms with Crippen LogP contribution >= 0.6 is 11.8 Å². The number of nitrogens with zero attached hydrogens (tertiary/aromatic N) is 1. The minimum Gasteiger partial charge on any atom is -0.483 e. The first-order valence-electron chi connectivity index (χ1n) is 15.7. The van der Waals surface area contributed by atoms with Crippen LogP contribution in [0, 0.1) is 17.8 Å². The molecule has 0 aromatic rings. The number of thioether (sulfide) groups is 1. The lowest BCUT2D eigenvalue weighted by atomic mass is 9.85. The highest BCUT2D eigenvalue weighted by Gasteiger charge is 2.49. The highest BCUT2D eigenvalue weighted by molar-refractivity contribution is 8.00. The van der Waals surface area contributed by atoms with E-state index >= 15 is 0 Å². The summed E-state index contributed by atoms with van der Waals surface area (Å²) in [5, 5.41) is 46.1. The van der Waals surface area contributed by atoms with Crippen molar-refractivity contribution in [3.8, 4) is 0 Å². The number of nitrogens with one attached hydrogen (secondary N) is 2. The average molecular weight is 614 g/mol. The number of carbonyl (C=O) groups excluding carboxylic acids is 1. The summed E-state index contributed by atoms with van der Waals surface area (Å²) >= 11 is 1.53. The SMILES string of the molecule is CC(C)C[C@@H]1CCO[C@@H]2[C@H](CN[C@@H]2C(=O)N[C@@H]2CC=CC[C@@H](CN3CCCC3)S[C@H]3O[C@H]2[C@H](O)[C@H](O)[C@H]3O)C1.O=CO. The van der Waals surface area contributed by atoms with Crippen molar-refractivity contribution in [2.24, 2.45) is 17.8 Å². The van der Waals surface area contributed by atoms with Crippen molar-refractivity contribution in [3.63, 3.8) is 0 Å². The number of rotatable bonds is 6. The molecule has 42 heavy (non-hydrogen) atoms. The number of allylic oxidation sites excluding steroid dienone is 1. The topological polar surface area (TPSA) is 161 Å². The molecule has 0 aliphatic carbocycles. The van der Waals surface area contributed by atoms with Crippen molar-refractivity contribution in [3.05, 3.63) is 12.2 Å². The van der Waals surface area contributed by atoms with E-state index in [-0.39, 0.29) is 23.7 Å². The van der Waals surface area contributed by atoms with Crippen molar-refractivity contribution >= 4 is 24.1 Å². The summed E-state index contributed by atoms with van der Waals surface area (Å²) in [7, 11) is 0. The zero-order chi connectivity index (χ0) is 30.2. The molecule has 12 heteroatoms. The van der Waals surface area contributed by atoms with E-state index in [1.165, 1.54) is 31.0 Å². The predicted molar refractivity (Wildman–Crippen MR) is 160 cm³/mol. The average Bonchev–Trinajstić information content (AvgIpc) is 3.56. The summed E-state index contributed by atoms with van der Waals surface area (Å²) in [4.78, 5) is 24.4. The number of hydrogen-bond acceptors (Lipinski definition) is 10. The number of aliphatic hydroxyl groups is 3. The Balaban J connectivity index is 0.00000129. The fourth-order valence-electron chi connectivity index (χ4n) is 7.25. The zero-order valence-corrected chi connectivity index (χ0v) is 25.7. The van der Waals surface area contributed by atoms with Gasteiger partial charge >= 0.3 is 0 Å². The lowest BCUT2D eigenvalue weighted by Crippen LogP contribution is -2.64. The van der Waals surface area contributed by atoms with E-state index in [0.29, 0.717) is 30.8 Å². The van der Waals surface area contributed by atoms with E-state index in [9.17, 15) is 20.1 Å². The summed E-state index contributed by atoms with van der Waals surface area (Å²) in [5.41, 5.74) is -0.677. The molecule has 6 N–H and O–H groups in total. The van der Waals surface area contributed by atoms with Gasteiger partial charge in [0.05, 0.1) is 12.1 Å². The fourth-order valence-corrected chi connectivity index (χ4v) is 8.66. The minimum atomic E-state index is -1.34. The molecule has 0 aromatic heterocycles. The Hall–Kier alpha value is -1.25. The molecular weight excluding hydrogens is 562 g/mol. The van der Waals surface area contributed by atoms with Crippen molar-refractivity contribution in [1.82, 2.24) is 15.5 Å². The summed E-state index contributed by atoms with van der Waals surface area (Å²) in [6.07, 6.45) is 6.37. The Labute approximate surface area is 253 Å². The molecule has 0 radical (unpaired) electrons. The molecule has 0 aromatic carbocycles. The van der Waals surface area contributed by atoms with E-state index in [1.54, 1.807) is 0 Å². The number of aliphatic hydroxyl groups excluding tert-OH is 3. The number of likely N-dealkylation sites (tertiary alicyclic amines) is 1. The number of amides is 1. The van der Waals surface area contributed by atoms with Gasteiger partial charge in [0.25, 0.3) is 6.47 Å². The maximum Gasteiger partial charge on any atom is 0.290 e. The molecule has 5 heterocycles. The normalized spacial score (nSPS) is 40.9. The molecule has 4 saturated heterocycles. The highest BCUT2D eigenvalue weighted by atomic mass is 32.2. The molecule has 4 fully saturated rings. The molecule has 1 amide bonds. The molecule has 11 atom stereocenters. The first-order chi connectivity index (χ1) is 20.2. The quantitative estimate of drug-likeness (QED) is 0.187. The second kappa shape index (κ2) is 16.2. The number of carboxylic acid groups (broad SMARTS) is 1. The zero-order valence-electron chi connectivity index (χ0n) is 24.9. The second-order valence-electron chi connectivity index (χ2n) is 12.9. The lowest BCUT2D eigenvalue weighted by Gasteiger charge is -2.44. The molecule has 2 bridgehead atoms. The van der Waals surface area contributed by atoms with Gasteiger partial charge in [-0.2, -0.15) is 0 Å². The second-order valence-corrected chi connectivity index (χ2v) is 14.3. The van der Waals surface area contributed by atoms with Gasteiger partial charge in [0.15, 0.2) is 0 Å². The van der Waals surface area contributed by atoms with Crippen LogP contribution in [-0.4, -0.2) is 124 Å². The van der Waals surface area contributed by atoms with Crippen LogP contribution in [0.3, 0.4) is 0 Å². The largest absolute Gasteiger partial charge is 0.483 e. The summed E-state index contributed by atoms with van der Waals surface area (Å²) < 4.78 is 12.5. The number of fused-ring (bicyclic) bond motifs is 3.